The molecule has 0 saturated heterocycles. The van der Waals surface area contributed by atoms with Crippen molar-refractivity contribution in [2.24, 2.45) is 0 Å². The van der Waals surface area contributed by atoms with Gasteiger partial charge in [0.1, 0.15) is 5.82 Å². The molecule has 4 heteroatoms. The van der Waals surface area contributed by atoms with E-state index in [0.717, 1.165) is 17.9 Å². The molecule has 1 aromatic carbocycles. The Balaban J connectivity index is 1.99. The second-order valence-electron chi connectivity index (χ2n) is 3.40. The maximum Gasteiger partial charge on any atom is 0.144 e. The molecular weight excluding hydrogens is 222 g/mol. The lowest BCUT2D eigenvalue weighted by molar-refractivity contribution is 1.08. The van der Waals surface area contributed by atoms with Crippen molar-refractivity contribution in [3.05, 3.63) is 54.0 Å². The summed E-state index contributed by atoms with van der Waals surface area (Å²) in [5.41, 5.74) is 2.31. The van der Waals surface area contributed by atoms with Crippen LogP contribution in [-0.2, 0) is 12.4 Å². The molecule has 0 unspecified atom stereocenters. The predicted octanol–water partition coefficient (Wildman–Crippen LogP) is 2.83. The van der Waals surface area contributed by atoms with Gasteiger partial charge in [0.25, 0.3) is 0 Å². The van der Waals surface area contributed by atoms with Gasteiger partial charge >= 0.3 is 0 Å². The van der Waals surface area contributed by atoms with Crippen LogP contribution < -0.4 is 5.32 Å². The Hall–Kier alpha value is -1.61. The lowest BCUT2D eigenvalue weighted by Crippen LogP contribution is -2.01. The molecule has 2 aromatic rings. The zero-order valence-corrected chi connectivity index (χ0v) is 9.48. The van der Waals surface area contributed by atoms with Crippen LogP contribution in [0.5, 0.6) is 0 Å². The lowest BCUT2D eigenvalue weighted by Gasteiger charge is -2.05. The molecule has 0 bridgehead atoms. The molecule has 2 rings (SSSR count). The highest BCUT2D eigenvalue weighted by molar-refractivity contribution is 6.17. The van der Waals surface area contributed by atoms with Crippen molar-refractivity contribution in [3.63, 3.8) is 0 Å². The van der Waals surface area contributed by atoms with Crippen LogP contribution in [-0.4, -0.2) is 9.97 Å². The van der Waals surface area contributed by atoms with Gasteiger partial charge in [0, 0.05) is 24.8 Å². The summed E-state index contributed by atoms with van der Waals surface area (Å²) in [6.07, 6.45) is 5.02. The van der Waals surface area contributed by atoms with E-state index in [2.05, 4.69) is 27.4 Å². The molecule has 1 heterocycles. The standard InChI is InChI=1S/C12H12ClN3/c13-7-10-2-1-3-11(6-10)8-16-12-9-14-4-5-15-12/h1-6,9H,7-8H2,(H,15,16). The van der Waals surface area contributed by atoms with Crippen LogP contribution >= 0.6 is 11.6 Å². The summed E-state index contributed by atoms with van der Waals surface area (Å²) in [6, 6.07) is 8.15. The monoisotopic (exact) mass is 233 g/mol. The molecule has 3 nitrogen and oxygen atoms in total. The molecule has 1 aromatic heterocycles. The van der Waals surface area contributed by atoms with Gasteiger partial charge in [-0.1, -0.05) is 24.3 Å². The summed E-state index contributed by atoms with van der Waals surface area (Å²) in [5.74, 6) is 1.32. The van der Waals surface area contributed by atoms with Gasteiger partial charge in [0.15, 0.2) is 0 Å². The number of benzene rings is 1. The van der Waals surface area contributed by atoms with Crippen LogP contribution in [0.25, 0.3) is 0 Å². The molecule has 1 N–H and O–H groups in total. The fraction of sp³-hybridized carbons (Fsp3) is 0.167. The highest BCUT2D eigenvalue weighted by Crippen LogP contribution is 2.09. The largest absolute Gasteiger partial charge is 0.365 e. The number of halogens is 1. The van der Waals surface area contributed by atoms with Gasteiger partial charge in [0.05, 0.1) is 6.20 Å². The first-order valence-corrected chi connectivity index (χ1v) is 5.55. The number of alkyl halides is 1. The molecule has 0 saturated carbocycles. The Morgan fingerprint density at radius 1 is 1.19 bits per heavy atom. The maximum atomic E-state index is 5.77. The quantitative estimate of drug-likeness (QED) is 0.826. The average molecular weight is 234 g/mol. The Labute approximate surface area is 99.5 Å². The van der Waals surface area contributed by atoms with Gasteiger partial charge in [0.2, 0.25) is 0 Å². The second kappa shape index (κ2) is 5.47. The number of nitrogens with one attached hydrogen (secondary N) is 1. The van der Waals surface area contributed by atoms with E-state index in [1.165, 1.54) is 5.56 Å². The van der Waals surface area contributed by atoms with Crippen LogP contribution in [0.2, 0.25) is 0 Å². The Bertz CT molecular complexity index is 445. The normalized spacial score (nSPS) is 10.1. The van der Waals surface area contributed by atoms with Crippen LogP contribution in [0, 0.1) is 0 Å². The highest BCUT2D eigenvalue weighted by atomic mass is 35.5. The third-order valence-electron chi connectivity index (χ3n) is 2.18. The smallest absolute Gasteiger partial charge is 0.144 e. The molecule has 0 atom stereocenters. The van der Waals surface area contributed by atoms with E-state index >= 15 is 0 Å². The summed E-state index contributed by atoms with van der Waals surface area (Å²) < 4.78 is 0. The number of rotatable bonds is 4. The number of anilines is 1. The van der Waals surface area contributed by atoms with Crippen molar-refractivity contribution in [3.8, 4) is 0 Å². The third kappa shape index (κ3) is 2.94. The van der Waals surface area contributed by atoms with Crippen molar-refractivity contribution < 1.29 is 0 Å². The minimum absolute atomic E-state index is 0.541. The fourth-order valence-electron chi connectivity index (χ4n) is 1.41. The van der Waals surface area contributed by atoms with Crippen molar-refractivity contribution in [2.45, 2.75) is 12.4 Å². The first-order valence-electron chi connectivity index (χ1n) is 5.02. The van der Waals surface area contributed by atoms with Crippen molar-refractivity contribution >= 4 is 17.4 Å². The third-order valence-corrected chi connectivity index (χ3v) is 2.49. The number of nitrogens with zero attached hydrogens (tertiary/aromatic N) is 2. The first kappa shape index (κ1) is 10.9. The zero-order valence-electron chi connectivity index (χ0n) is 8.73. The Morgan fingerprint density at radius 3 is 2.81 bits per heavy atom. The highest BCUT2D eigenvalue weighted by Gasteiger charge is 1.96. The van der Waals surface area contributed by atoms with E-state index in [0.29, 0.717) is 5.88 Å². The average Bonchev–Trinajstić information content (AvgIpc) is 2.38. The summed E-state index contributed by atoms with van der Waals surface area (Å²) >= 11 is 5.77. The zero-order chi connectivity index (χ0) is 11.2. The van der Waals surface area contributed by atoms with E-state index in [1.807, 2.05) is 12.1 Å². The van der Waals surface area contributed by atoms with Crippen molar-refractivity contribution in [2.75, 3.05) is 5.32 Å². The molecule has 0 spiro atoms. The Morgan fingerprint density at radius 2 is 2.06 bits per heavy atom. The minimum atomic E-state index is 0.541. The van der Waals surface area contributed by atoms with Crippen LogP contribution in [0.1, 0.15) is 11.1 Å². The van der Waals surface area contributed by atoms with E-state index < -0.39 is 0 Å². The minimum Gasteiger partial charge on any atom is -0.365 e. The fourth-order valence-corrected chi connectivity index (χ4v) is 1.57. The maximum absolute atomic E-state index is 5.77. The van der Waals surface area contributed by atoms with Crippen LogP contribution in [0.15, 0.2) is 42.9 Å². The number of hydrogen-bond acceptors (Lipinski definition) is 3. The molecule has 0 radical (unpaired) electrons. The number of aromatic nitrogens is 2. The second-order valence-corrected chi connectivity index (χ2v) is 3.67. The predicted molar refractivity (Wildman–Crippen MR) is 65.4 cm³/mol. The van der Waals surface area contributed by atoms with E-state index in [1.54, 1.807) is 18.6 Å². The molecule has 82 valence electrons. The molecule has 0 aliphatic carbocycles. The van der Waals surface area contributed by atoms with E-state index in [9.17, 15) is 0 Å². The van der Waals surface area contributed by atoms with Crippen LogP contribution in [0.4, 0.5) is 5.82 Å². The lowest BCUT2D eigenvalue weighted by atomic mass is 10.1. The summed E-state index contributed by atoms with van der Waals surface area (Å²) in [5, 5.41) is 3.20. The molecule has 0 aliphatic rings. The van der Waals surface area contributed by atoms with Crippen molar-refractivity contribution in [1.29, 1.82) is 0 Å². The summed E-state index contributed by atoms with van der Waals surface area (Å²) in [7, 11) is 0. The topological polar surface area (TPSA) is 37.8 Å². The molecule has 0 aliphatic heterocycles. The molecule has 0 amide bonds. The van der Waals surface area contributed by atoms with E-state index in [4.69, 9.17) is 11.6 Å². The Kier molecular flexibility index (Phi) is 3.72. The molecular formula is C12H12ClN3. The summed E-state index contributed by atoms with van der Waals surface area (Å²) in [4.78, 5) is 8.12. The first-order chi connectivity index (χ1) is 7.88. The van der Waals surface area contributed by atoms with Crippen molar-refractivity contribution in [1.82, 2.24) is 9.97 Å². The van der Waals surface area contributed by atoms with Gasteiger partial charge in [-0.2, -0.15) is 0 Å². The SMILES string of the molecule is ClCc1cccc(CNc2cnccn2)c1. The van der Waals surface area contributed by atoms with E-state index in [-0.39, 0.29) is 0 Å². The van der Waals surface area contributed by atoms with Gasteiger partial charge in [-0.25, -0.2) is 4.98 Å². The number of hydrogen-bond donors (Lipinski definition) is 1. The molecule has 0 fully saturated rings. The van der Waals surface area contributed by atoms with Crippen LogP contribution in [0.3, 0.4) is 0 Å². The van der Waals surface area contributed by atoms with Gasteiger partial charge in [-0.3, -0.25) is 4.98 Å². The summed E-state index contributed by atoms with van der Waals surface area (Å²) in [6.45, 7) is 0.726. The van der Waals surface area contributed by atoms with Gasteiger partial charge < -0.3 is 5.32 Å². The molecule has 16 heavy (non-hydrogen) atoms. The van der Waals surface area contributed by atoms with Gasteiger partial charge in [-0.05, 0) is 11.1 Å². The van der Waals surface area contributed by atoms with Gasteiger partial charge in [-0.15, -0.1) is 11.6 Å².